The van der Waals surface area contributed by atoms with E-state index in [9.17, 15) is 9.59 Å². The van der Waals surface area contributed by atoms with E-state index >= 15 is 0 Å². The minimum absolute atomic E-state index is 0. The first kappa shape index (κ1) is 19.7. The van der Waals surface area contributed by atoms with Gasteiger partial charge in [-0.05, 0) is 51.3 Å². The lowest BCUT2D eigenvalue weighted by atomic mass is 10.1. The van der Waals surface area contributed by atoms with Crippen LogP contribution in [0.25, 0.3) is 0 Å². The van der Waals surface area contributed by atoms with E-state index in [1.165, 1.54) is 6.26 Å². The molecule has 0 aliphatic carbocycles. The maximum absolute atomic E-state index is 12.3. The summed E-state index contributed by atoms with van der Waals surface area (Å²) in [6.45, 7) is 1.48. The lowest BCUT2D eigenvalue weighted by Crippen LogP contribution is -2.28. The quantitative estimate of drug-likeness (QED) is 0.752. The fraction of sp³-hybridized carbons (Fsp3) is 0.294. The van der Waals surface area contributed by atoms with Crippen LogP contribution >= 0.6 is 12.4 Å². The van der Waals surface area contributed by atoms with E-state index < -0.39 is 0 Å². The fourth-order valence-electron chi connectivity index (χ4n) is 2.07. The second-order valence-corrected chi connectivity index (χ2v) is 5.39. The molecule has 0 bridgehead atoms. The topological polar surface area (TPSA) is 74.6 Å². The van der Waals surface area contributed by atoms with Gasteiger partial charge < -0.3 is 20.0 Å². The summed E-state index contributed by atoms with van der Waals surface area (Å²) in [6.07, 6.45) is 2.29. The molecule has 1 aromatic carbocycles. The van der Waals surface area contributed by atoms with Gasteiger partial charge in [-0.1, -0.05) is 12.1 Å². The van der Waals surface area contributed by atoms with Gasteiger partial charge in [0, 0.05) is 6.54 Å². The van der Waals surface area contributed by atoms with Crippen LogP contribution in [-0.2, 0) is 0 Å². The van der Waals surface area contributed by atoms with Crippen molar-refractivity contribution in [2.75, 3.05) is 32.5 Å². The molecule has 0 aliphatic rings. The Bertz CT molecular complexity index is 657. The second-order valence-electron chi connectivity index (χ2n) is 5.39. The van der Waals surface area contributed by atoms with E-state index in [2.05, 4.69) is 15.5 Å². The highest BCUT2D eigenvalue weighted by Gasteiger charge is 2.14. The highest BCUT2D eigenvalue weighted by molar-refractivity contribution is 6.07. The molecule has 1 aromatic heterocycles. The van der Waals surface area contributed by atoms with Crippen LogP contribution in [0.4, 0.5) is 5.69 Å². The normalized spacial score (nSPS) is 10.1. The minimum atomic E-state index is -0.386. The number of nitrogens with one attached hydrogen (secondary N) is 2. The average molecular weight is 352 g/mol. The Balaban J connectivity index is 0.00000288. The van der Waals surface area contributed by atoms with Gasteiger partial charge in [0.2, 0.25) is 0 Å². The third kappa shape index (κ3) is 5.72. The standard InChI is InChI=1S/C17H21N3O3.ClH/c1-20(2)11-6-10-18-16(21)13-7-3-4-8-14(13)19-17(22)15-9-5-12-23-15;/h3-5,7-9,12H,6,10-11H2,1-2H3,(H,18,21)(H,19,22);1H. The van der Waals surface area contributed by atoms with E-state index in [1.807, 2.05) is 14.1 Å². The third-order valence-corrected chi connectivity index (χ3v) is 3.23. The molecule has 0 radical (unpaired) electrons. The Kier molecular flexibility index (Phi) is 8.01. The molecule has 130 valence electrons. The smallest absolute Gasteiger partial charge is 0.291 e. The van der Waals surface area contributed by atoms with Gasteiger partial charge in [0.05, 0.1) is 17.5 Å². The van der Waals surface area contributed by atoms with Crippen molar-refractivity contribution in [2.24, 2.45) is 0 Å². The molecule has 24 heavy (non-hydrogen) atoms. The number of amides is 2. The lowest BCUT2D eigenvalue weighted by Gasteiger charge is -2.12. The first-order valence-electron chi connectivity index (χ1n) is 7.44. The number of benzene rings is 1. The molecule has 0 spiro atoms. The zero-order valence-electron chi connectivity index (χ0n) is 13.7. The van der Waals surface area contributed by atoms with Crippen molar-refractivity contribution in [3.05, 3.63) is 54.0 Å². The summed E-state index contributed by atoms with van der Waals surface area (Å²) in [4.78, 5) is 26.4. The molecule has 0 fully saturated rings. The van der Waals surface area contributed by atoms with Gasteiger partial charge in [0.1, 0.15) is 0 Å². The number of halogens is 1. The van der Waals surface area contributed by atoms with E-state index in [-0.39, 0.29) is 30.0 Å². The molecule has 0 saturated heterocycles. The molecule has 2 aromatic rings. The van der Waals surface area contributed by atoms with Crippen molar-refractivity contribution in [2.45, 2.75) is 6.42 Å². The summed E-state index contributed by atoms with van der Waals surface area (Å²) in [5.41, 5.74) is 0.885. The maximum Gasteiger partial charge on any atom is 0.291 e. The zero-order chi connectivity index (χ0) is 16.7. The first-order chi connectivity index (χ1) is 11.1. The van der Waals surface area contributed by atoms with Crippen molar-refractivity contribution in [1.82, 2.24) is 10.2 Å². The Hall–Kier alpha value is -2.31. The third-order valence-electron chi connectivity index (χ3n) is 3.23. The van der Waals surface area contributed by atoms with Gasteiger partial charge in [-0.15, -0.1) is 12.4 Å². The van der Waals surface area contributed by atoms with Gasteiger partial charge >= 0.3 is 0 Å². The second kappa shape index (κ2) is 9.75. The van der Waals surface area contributed by atoms with Crippen LogP contribution in [0.1, 0.15) is 27.3 Å². The molecule has 2 N–H and O–H groups in total. The summed E-state index contributed by atoms with van der Waals surface area (Å²) in [6, 6.07) is 10.1. The SMILES string of the molecule is CN(C)CCCNC(=O)c1ccccc1NC(=O)c1ccco1.Cl. The van der Waals surface area contributed by atoms with Gasteiger partial charge in [-0.25, -0.2) is 0 Å². The van der Waals surface area contributed by atoms with Crippen molar-refractivity contribution in [3.63, 3.8) is 0 Å². The number of carbonyl (C=O) groups excluding carboxylic acids is 2. The molecule has 2 amide bonds. The van der Waals surface area contributed by atoms with Crippen molar-refractivity contribution < 1.29 is 14.0 Å². The number of carbonyl (C=O) groups is 2. The monoisotopic (exact) mass is 351 g/mol. The van der Waals surface area contributed by atoms with Crippen molar-refractivity contribution >= 4 is 29.9 Å². The summed E-state index contributed by atoms with van der Waals surface area (Å²) in [5.74, 6) is -0.395. The highest BCUT2D eigenvalue weighted by Crippen LogP contribution is 2.16. The molecule has 0 atom stereocenters. The summed E-state index contributed by atoms with van der Waals surface area (Å²) in [7, 11) is 3.97. The maximum atomic E-state index is 12.3. The molecule has 7 heteroatoms. The predicted molar refractivity (Wildman–Crippen MR) is 95.9 cm³/mol. The van der Waals surface area contributed by atoms with E-state index in [4.69, 9.17) is 4.42 Å². The van der Waals surface area contributed by atoms with Gasteiger partial charge in [0.25, 0.3) is 11.8 Å². The van der Waals surface area contributed by atoms with E-state index in [0.717, 1.165) is 13.0 Å². The van der Waals surface area contributed by atoms with Gasteiger partial charge in [-0.3, -0.25) is 9.59 Å². The Labute approximate surface area is 147 Å². The summed E-state index contributed by atoms with van der Waals surface area (Å²) < 4.78 is 5.05. The minimum Gasteiger partial charge on any atom is -0.459 e. The first-order valence-corrected chi connectivity index (χ1v) is 7.44. The predicted octanol–water partition coefficient (Wildman–Crippen LogP) is 2.64. The number of hydrogen-bond acceptors (Lipinski definition) is 4. The van der Waals surface area contributed by atoms with Crippen LogP contribution in [-0.4, -0.2) is 43.9 Å². The molecular formula is C17H22ClN3O3. The van der Waals surface area contributed by atoms with Gasteiger partial charge in [-0.2, -0.15) is 0 Å². The number of rotatable bonds is 7. The van der Waals surface area contributed by atoms with Crippen LogP contribution < -0.4 is 10.6 Å². The van der Waals surface area contributed by atoms with Gasteiger partial charge in [0.15, 0.2) is 5.76 Å². The summed E-state index contributed by atoms with van der Waals surface area (Å²) >= 11 is 0. The van der Waals surface area contributed by atoms with E-state index in [1.54, 1.807) is 36.4 Å². The van der Waals surface area contributed by atoms with Crippen LogP contribution in [0.3, 0.4) is 0 Å². The molecular weight excluding hydrogens is 330 g/mol. The van der Waals surface area contributed by atoms with Crippen molar-refractivity contribution in [3.8, 4) is 0 Å². The lowest BCUT2D eigenvalue weighted by molar-refractivity contribution is 0.0953. The molecule has 0 aliphatic heterocycles. The number of anilines is 1. The molecule has 0 unspecified atom stereocenters. The van der Waals surface area contributed by atoms with Crippen LogP contribution in [0.5, 0.6) is 0 Å². The molecule has 2 rings (SSSR count). The fourth-order valence-corrected chi connectivity index (χ4v) is 2.07. The molecule has 6 nitrogen and oxygen atoms in total. The van der Waals surface area contributed by atoms with Crippen LogP contribution in [0, 0.1) is 0 Å². The number of furan rings is 1. The largest absolute Gasteiger partial charge is 0.459 e. The zero-order valence-corrected chi connectivity index (χ0v) is 14.6. The Morgan fingerprint density at radius 3 is 2.50 bits per heavy atom. The summed E-state index contributed by atoms with van der Waals surface area (Å²) in [5, 5.41) is 5.56. The molecule has 0 saturated carbocycles. The number of hydrogen-bond donors (Lipinski definition) is 2. The Morgan fingerprint density at radius 1 is 1.08 bits per heavy atom. The molecule has 1 heterocycles. The Morgan fingerprint density at radius 2 is 1.83 bits per heavy atom. The highest BCUT2D eigenvalue weighted by atomic mass is 35.5. The number of nitrogens with zero attached hydrogens (tertiary/aromatic N) is 1. The number of para-hydroxylation sites is 1. The average Bonchev–Trinajstić information content (AvgIpc) is 3.06. The van der Waals surface area contributed by atoms with Crippen LogP contribution in [0.15, 0.2) is 47.1 Å². The van der Waals surface area contributed by atoms with E-state index in [0.29, 0.717) is 17.8 Å². The van der Waals surface area contributed by atoms with Crippen LogP contribution in [0.2, 0.25) is 0 Å². The van der Waals surface area contributed by atoms with Crippen molar-refractivity contribution in [1.29, 1.82) is 0 Å².